The van der Waals surface area contributed by atoms with Crippen molar-refractivity contribution in [3.05, 3.63) is 28.2 Å². The van der Waals surface area contributed by atoms with Crippen molar-refractivity contribution in [2.24, 2.45) is 5.92 Å². The molecule has 1 aromatic carbocycles. The third-order valence-corrected chi connectivity index (χ3v) is 4.71. The molecule has 0 bridgehead atoms. The van der Waals surface area contributed by atoms with Crippen LogP contribution in [0, 0.1) is 12.8 Å². The van der Waals surface area contributed by atoms with Gasteiger partial charge in [0, 0.05) is 29.7 Å². The molecule has 1 heterocycles. The minimum atomic E-state index is -0.775. The first kappa shape index (κ1) is 15.8. The monoisotopic (exact) mass is 354 g/mol. The molecular formula is C15H19BrN2O3. The molecule has 0 spiro atoms. The molecular weight excluding hydrogens is 336 g/mol. The first-order valence-corrected chi connectivity index (χ1v) is 7.79. The number of nitrogens with zero attached hydrogens (tertiary/aromatic N) is 1. The van der Waals surface area contributed by atoms with Gasteiger partial charge in [-0.3, -0.25) is 4.79 Å². The van der Waals surface area contributed by atoms with Crippen LogP contribution >= 0.6 is 15.9 Å². The molecule has 114 valence electrons. The maximum absolute atomic E-state index is 12.2. The molecule has 6 heteroatoms. The Balaban J connectivity index is 1.90. The number of hydrogen-bond donors (Lipinski definition) is 2. The molecule has 5 nitrogen and oxygen atoms in total. The van der Waals surface area contributed by atoms with Crippen molar-refractivity contribution in [2.75, 3.05) is 18.4 Å². The number of amides is 2. The SMILES string of the molecule is Cc1c(Br)cccc1NC(=O)N1CCC(CCC(=O)O)C1. The summed E-state index contributed by atoms with van der Waals surface area (Å²) < 4.78 is 0.959. The third-order valence-electron chi connectivity index (χ3n) is 3.85. The minimum absolute atomic E-state index is 0.117. The van der Waals surface area contributed by atoms with E-state index in [0.29, 0.717) is 19.5 Å². The molecule has 2 amide bonds. The largest absolute Gasteiger partial charge is 0.481 e. The van der Waals surface area contributed by atoms with Crippen LogP contribution < -0.4 is 5.32 Å². The summed E-state index contributed by atoms with van der Waals surface area (Å²) in [6.45, 7) is 3.26. The van der Waals surface area contributed by atoms with Gasteiger partial charge in [0.05, 0.1) is 0 Å². The predicted octanol–water partition coefficient (Wildman–Crippen LogP) is 3.48. The Bertz CT molecular complexity index is 548. The molecule has 21 heavy (non-hydrogen) atoms. The number of carbonyl (C=O) groups is 2. The zero-order valence-electron chi connectivity index (χ0n) is 11.9. The summed E-state index contributed by atoms with van der Waals surface area (Å²) in [5, 5.41) is 11.6. The van der Waals surface area contributed by atoms with Crippen LogP contribution in [0.1, 0.15) is 24.8 Å². The van der Waals surface area contributed by atoms with Gasteiger partial charge in [0.25, 0.3) is 0 Å². The Hall–Kier alpha value is -1.56. The Morgan fingerprint density at radius 1 is 1.48 bits per heavy atom. The van der Waals surface area contributed by atoms with Gasteiger partial charge in [-0.25, -0.2) is 4.79 Å². The first-order chi connectivity index (χ1) is 9.97. The number of likely N-dealkylation sites (tertiary alicyclic amines) is 1. The van der Waals surface area contributed by atoms with Crippen LogP contribution in [0.3, 0.4) is 0 Å². The molecule has 0 aromatic heterocycles. The van der Waals surface area contributed by atoms with Gasteiger partial charge in [0.1, 0.15) is 0 Å². The molecule has 1 saturated heterocycles. The average Bonchev–Trinajstić information content (AvgIpc) is 2.90. The summed E-state index contributed by atoms with van der Waals surface area (Å²) in [6.07, 6.45) is 1.68. The van der Waals surface area contributed by atoms with E-state index in [0.717, 1.165) is 22.1 Å². The van der Waals surface area contributed by atoms with E-state index in [4.69, 9.17) is 5.11 Å². The van der Waals surface area contributed by atoms with Gasteiger partial charge in [-0.1, -0.05) is 22.0 Å². The first-order valence-electron chi connectivity index (χ1n) is 7.00. The van der Waals surface area contributed by atoms with E-state index in [-0.39, 0.29) is 18.4 Å². The Morgan fingerprint density at radius 2 is 2.24 bits per heavy atom. The van der Waals surface area contributed by atoms with E-state index in [1.54, 1.807) is 4.90 Å². The molecule has 0 aliphatic carbocycles. The van der Waals surface area contributed by atoms with Crippen LogP contribution in [0.5, 0.6) is 0 Å². The van der Waals surface area contributed by atoms with Crippen molar-refractivity contribution in [3.8, 4) is 0 Å². The maximum Gasteiger partial charge on any atom is 0.321 e. The molecule has 2 rings (SSSR count). The van der Waals surface area contributed by atoms with E-state index in [1.807, 2.05) is 25.1 Å². The van der Waals surface area contributed by atoms with Crippen molar-refractivity contribution in [2.45, 2.75) is 26.2 Å². The smallest absolute Gasteiger partial charge is 0.321 e. The van der Waals surface area contributed by atoms with Crippen LogP contribution in [0.2, 0.25) is 0 Å². The number of rotatable bonds is 4. The zero-order chi connectivity index (χ0) is 15.4. The summed E-state index contributed by atoms with van der Waals surface area (Å²) >= 11 is 3.44. The average molecular weight is 355 g/mol. The summed E-state index contributed by atoms with van der Waals surface area (Å²) in [7, 11) is 0. The van der Waals surface area contributed by atoms with Crippen LogP contribution in [0.25, 0.3) is 0 Å². The van der Waals surface area contributed by atoms with Gasteiger partial charge in [0.15, 0.2) is 0 Å². The van der Waals surface area contributed by atoms with Crippen molar-refractivity contribution < 1.29 is 14.7 Å². The lowest BCUT2D eigenvalue weighted by atomic mass is 10.0. The number of urea groups is 1. The van der Waals surface area contributed by atoms with Crippen molar-refractivity contribution in [3.63, 3.8) is 0 Å². The summed E-state index contributed by atoms with van der Waals surface area (Å²) in [5.74, 6) is -0.488. The van der Waals surface area contributed by atoms with E-state index in [9.17, 15) is 9.59 Å². The van der Waals surface area contributed by atoms with Gasteiger partial charge >= 0.3 is 12.0 Å². The molecule has 1 aliphatic rings. The standard InChI is InChI=1S/C15H19BrN2O3/c1-10-12(16)3-2-4-13(10)17-15(21)18-8-7-11(9-18)5-6-14(19)20/h2-4,11H,5-9H2,1H3,(H,17,21)(H,19,20). The molecule has 1 atom stereocenters. The second-order valence-corrected chi connectivity index (χ2v) is 6.23. The molecule has 0 saturated carbocycles. The molecule has 1 fully saturated rings. The highest BCUT2D eigenvalue weighted by Gasteiger charge is 2.26. The molecule has 0 radical (unpaired) electrons. The van der Waals surface area contributed by atoms with Gasteiger partial charge < -0.3 is 15.3 Å². The number of carboxylic acid groups (broad SMARTS) is 1. The highest BCUT2D eigenvalue weighted by atomic mass is 79.9. The van der Waals surface area contributed by atoms with Crippen molar-refractivity contribution >= 4 is 33.6 Å². The normalized spacial score (nSPS) is 17.8. The molecule has 1 aromatic rings. The quantitative estimate of drug-likeness (QED) is 0.869. The fourth-order valence-electron chi connectivity index (χ4n) is 2.52. The molecule has 1 unspecified atom stereocenters. The Labute approximate surface area is 132 Å². The number of anilines is 1. The number of carboxylic acids is 1. The van der Waals surface area contributed by atoms with E-state index < -0.39 is 5.97 Å². The summed E-state index contributed by atoms with van der Waals surface area (Å²) in [6, 6.07) is 5.57. The lowest BCUT2D eigenvalue weighted by molar-refractivity contribution is -0.137. The van der Waals surface area contributed by atoms with Crippen LogP contribution in [0.4, 0.5) is 10.5 Å². The highest BCUT2D eigenvalue weighted by Crippen LogP contribution is 2.25. The Kier molecular flexibility index (Phi) is 5.22. The van der Waals surface area contributed by atoms with E-state index in [1.165, 1.54) is 0 Å². The van der Waals surface area contributed by atoms with Gasteiger partial charge in [-0.15, -0.1) is 0 Å². The van der Waals surface area contributed by atoms with Crippen LogP contribution in [-0.2, 0) is 4.79 Å². The number of carbonyl (C=O) groups excluding carboxylic acids is 1. The summed E-state index contributed by atoms with van der Waals surface area (Å²) in [4.78, 5) is 24.6. The molecule has 1 aliphatic heterocycles. The number of halogens is 1. The van der Waals surface area contributed by atoms with Crippen molar-refractivity contribution in [1.82, 2.24) is 4.90 Å². The van der Waals surface area contributed by atoms with E-state index in [2.05, 4.69) is 21.2 Å². The predicted molar refractivity (Wildman–Crippen MR) is 84.4 cm³/mol. The lowest BCUT2D eigenvalue weighted by Crippen LogP contribution is -2.33. The number of aliphatic carboxylic acids is 1. The number of benzene rings is 1. The maximum atomic E-state index is 12.2. The van der Waals surface area contributed by atoms with Gasteiger partial charge in [-0.05, 0) is 43.4 Å². The van der Waals surface area contributed by atoms with Gasteiger partial charge in [-0.2, -0.15) is 0 Å². The van der Waals surface area contributed by atoms with Crippen LogP contribution in [-0.4, -0.2) is 35.1 Å². The highest BCUT2D eigenvalue weighted by molar-refractivity contribution is 9.10. The van der Waals surface area contributed by atoms with Crippen molar-refractivity contribution in [1.29, 1.82) is 0 Å². The number of hydrogen-bond acceptors (Lipinski definition) is 2. The summed E-state index contributed by atoms with van der Waals surface area (Å²) in [5.41, 5.74) is 1.79. The second-order valence-electron chi connectivity index (χ2n) is 5.38. The number of nitrogens with one attached hydrogen (secondary N) is 1. The topological polar surface area (TPSA) is 69.6 Å². The minimum Gasteiger partial charge on any atom is -0.481 e. The third kappa shape index (κ3) is 4.20. The zero-order valence-corrected chi connectivity index (χ0v) is 13.5. The van der Waals surface area contributed by atoms with Crippen LogP contribution in [0.15, 0.2) is 22.7 Å². The Morgan fingerprint density at radius 3 is 2.95 bits per heavy atom. The fraction of sp³-hybridized carbons (Fsp3) is 0.467. The lowest BCUT2D eigenvalue weighted by Gasteiger charge is -2.18. The second kappa shape index (κ2) is 6.93. The van der Waals surface area contributed by atoms with E-state index >= 15 is 0 Å². The fourth-order valence-corrected chi connectivity index (χ4v) is 2.88. The van der Waals surface area contributed by atoms with Gasteiger partial charge in [0.2, 0.25) is 0 Å². The molecule has 2 N–H and O–H groups in total.